The SMILES string of the molecule is CO[Si](CC(C(C)O)C(C)(C)CN)(OC)OC. The number of hydrogen-bond acceptors (Lipinski definition) is 5. The molecule has 3 N–H and O–H groups in total. The number of aliphatic hydroxyl groups is 1. The fourth-order valence-electron chi connectivity index (χ4n) is 2.02. The van der Waals surface area contributed by atoms with Gasteiger partial charge in [-0.25, -0.2) is 0 Å². The van der Waals surface area contributed by atoms with Crippen LogP contribution in [0.15, 0.2) is 0 Å². The van der Waals surface area contributed by atoms with Crippen LogP contribution in [-0.4, -0.2) is 47.9 Å². The van der Waals surface area contributed by atoms with Crippen LogP contribution in [0.2, 0.25) is 6.04 Å². The van der Waals surface area contributed by atoms with E-state index in [1.54, 1.807) is 28.3 Å². The Bertz CT molecular complexity index is 211. The first kappa shape index (κ1) is 17.0. The third kappa shape index (κ3) is 4.31. The molecular formula is C11H27NO4Si. The molecule has 2 unspecified atom stereocenters. The van der Waals surface area contributed by atoms with Gasteiger partial charge in [0.05, 0.1) is 6.10 Å². The van der Waals surface area contributed by atoms with Crippen LogP contribution in [0.1, 0.15) is 20.8 Å². The summed E-state index contributed by atoms with van der Waals surface area (Å²) < 4.78 is 16.2. The Labute approximate surface area is 106 Å². The third-order valence-electron chi connectivity index (χ3n) is 3.52. The highest BCUT2D eigenvalue weighted by atomic mass is 28.4. The van der Waals surface area contributed by atoms with Crippen LogP contribution < -0.4 is 5.73 Å². The second-order valence-corrected chi connectivity index (χ2v) is 8.04. The largest absolute Gasteiger partial charge is 0.500 e. The lowest BCUT2D eigenvalue weighted by atomic mass is 9.77. The Morgan fingerprint density at radius 3 is 1.82 bits per heavy atom. The number of rotatable bonds is 8. The van der Waals surface area contributed by atoms with E-state index in [0.717, 1.165) is 0 Å². The molecule has 104 valence electrons. The van der Waals surface area contributed by atoms with Crippen molar-refractivity contribution in [3.8, 4) is 0 Å². The van der Waals surface area contributed by atoms with E-state index in [0.29, 0.717) is 12.6 Å². The van der Waals surface area contributed by atoms with Gasteiger partial charge in [0.25, 0.3) is 0 Å². The van der Waals surface area contributed by atoms with Gasteiger partial charge in [-0.1, -0.05) is 13.8 Å². The molecule has 0 aromatic heterocycles. The summed E-state index contributed by atoms with van der Waals surface area (Å²) in [7, 11) is 2.05. The van der Waals surface area contributed by atoms with Crippen molar-refractivity contribution in [2.24, 2.45) is 17.1 Å². The summed E-state index contributed by atoms with van der Waals surface area (Å²) in [6, 6.07) is 0.554. The maximum Gasteiger partial charge on any atom is 0.500 e. The average Bonchev–Trinajstić information content (AvgIpc) is 2.31. The topological polar surface area (TPSA) is 73.9 Å². The Kier molecular flexibility index (Phi) is 6.82. The lowest BCUT2D eigenvalue weighted by Gasteiger charge is -2.39. The Morgan fingerprint density at radius 1 is 1.18 bits per heavy atom. The van der Waals surface area contributed by atoms with E-state index in [9.17, 15) is 5.11 Å². The van der Waals surface area contributed by atoms with Gasteiger partial charge in [0.1, 0.15) is 0 Å². The van der Waals surface area contributed by atoms with Gasteiger partial charge in [0.15, 0.2) is 0 Å². The van der Waals surface area contributed by atoms with Crippen LogP contribution >= 0.6 is 0 Å². The minimum absolute atomic E-state index is 0.0287. The van der Waals surface area contributed by atoms with Crippen molar-refractivity contribution in [1.82, 2.24) is 0 Å². The molecule has 0 aliphatic heterocycles. The van der Waals surface area contributed by atoms with Crippen molar-refractivity contribution in [2.75, 3.05) is 27.9 Å². The van der Waals surface area contributed by atoms with E-state index in [2.05, 4.69) is 0 Å². The van der Waals surface area contributed by atoms with E-state index in [4.69, 9.17) is 19.0 Å². The zero-order valence-electron chi connectivity index (χ0n) is 11.8. The molecule has 0 saturated carbocycles. The first-order valence-electron chi connectivity index (χ1n) is 5.82. The molecule has 0 heterocycles. The molecule has 0 aromatic carbocycles. The van der Waals surface area contributed by atoms with Gasteiger partial charge in [-0.15, -0.1) is 0 Å². The van der Waals surface area contributed by atoms with Crippen LogP contribution in [-0.2, 0) is 13.3 Å². The highest BCUT2D eigenvalue weighted by molar-refractivity contribution is 6.60. The molecule has 0 aliphatic carbocycles. The van der Waals surface area contributed by atoms with Gasteiger partial charge < -0.3 is 24.1 Å². The summed E-state index contributed by atoms with van der Waals surface area (Å²) in [5.41, 5.74) is 5.58. The van der Waals surface area contributed by atoms with E-state index in [1.807, 2.05) is 13.8 Å². The standard InChI is InChI=1S/C11H27NO4Si/c1-9(13)10(11(2,3)8-12)7-17(14-4,15-5)16-6/h9-10,13H,7-8,12H2,1-6H3. The highest BCUT2D eigenvalue weighted by Crippen LogP contribution is 2.35. The third-order valence-corrected chi connectivity index (χ3v) is 6.32. The fraction of sp³-hybridized carbons (Fsp3) is 1.00. The molecule has 0 fully saturated rings. The van der Waals surface area contributed by atoms with Gasteiger partial charge in [-0.05, 0) is 24.8 Å². The molecule has 0 amide bonds. The van der Waals surface area contributed by atoms with Crippen molar-refractivity contribution in [1.29, 1.82) is 0 Å². The van der Waals surface area contributed by atoms with Gasteiger partial charge in [0, 0.05) is 27.4 Å². The van der Waals surface area contributed by atoms with E-state index in [1.165, 1.54) is 0 Å². The minimum atomic E-state index is -2.68. The van der Waals surface area contributed by atoms with E-state index >= 15 is 0 Å². The number of nitrogens with two attached hydrogens (primary N) is 1. The van der Waals surface area contributed by atoms with Crippen molar-refractivity contribution in [2.45, 2.75) is 32.9 Å². The van der Waals surface area contributed by atoms with Crippen LogP contribution in [0.3, 0.4) is 0 Å². The maximum atomic E-state index is 9.93. The lowest BCUT2D eigenvalue weighted by molar-refractivity contribution is 0.0394. The lowest BCUT2D eigenvalue weighted by Crippen LogP contribution is -2.50. The smallest absolute Gasteiger partial charge is 0.393 e. The van der Waals surface area contributed by atoms with Crippen LogP contribution in [0, 0.1) is 11.3 Å². The molecular weight excluding hydrogens is 238 g/mol. The second-order valence-electron chi connectivity index (χ2n) is 5.04. The Balaban J connectivity index is 4.99. The molecule has 0 aliphatic rings. The molecule has 0 bridgehead atoms. The van der Waals surface area contributed by atoms with Crippen molar-refractivity contribution in [3.63, 3.8) is 0 Å². The van der Waals surface area contributed by atoms with Gasteiger partial charge in [0.2, 0.25) is 0 Å². The minimum Gasteiger partial charge on any atom is -0.393 e. The van der Waals surface area contributed by atoms with Gasteiger partial charge in [-0.2, -0.15) is 0 Å². The van der Waals surface area contributed by atoms with E-state index < -0.39 is 14.9 Å². The molecule has 6 heteroatoms. The molecule has 0 aromatic rings. The Morgan fingerprint density at radius 2 is 1.59 bits per heavy atom. The van der Waals surface area contributed by atoms with E-state index in [-0.39, 0.29) is 11.3 Å². The molecule has 0 spiro atoms. The van der Waals surface area contributed by atoms with Crippen LogP contribution in [0.25, 0.3) is 0 Å². The Hall–Kier alpha value is 0.0169. The monoisotopic (exact) mass is 265 g/mol. The normalized spacial score (nSPS) is 16.9. The highest BCUT2D eigenvalue weighted by Gasteiger charge is 2.46. The van der Waals surface area contributed by atoms with Gasteiger partial charge >= 0.3 is 8.80 Å². The van der Waals surface area contributed by atoms with Crippen LogP contribution in [0.4, 0.5) is 0 Å². The van der Waals surface area contributed by atoms with Crippen molar-refractivity contribution in [3.05, 3.63) is 0 Å². The second kappa shape index (κ2) is 6.82. The maximum absolute atomic E-state index is 9.93. The predicted octanol–water partition coefficient (Wildman–Crippen LogP) is 0.846. The number of aliphatic hydroxyl groups excluding tert-OH is 1. The summed E-state index contributed by atoms with van der Waals surface area (Å²) in [5.74, 6) is -0.0287. The predicted molar refractivity (Wildman–Crippen MR) is 69.6 cm³/mol. The first-order chi connectivity index (χ1) is 7.78. The average molecular weight is 265 g/mol. The first-order valence-corrected chi connectivity index (χ1v) is 7.75. The van der Waals surface area contributed by atoms with Crippen LogP contribution in [0.5, 0.6) is 0 Å². The zero-order valence-corrected chi connectivity index (χ0v) is 12.8. The summed E-state index contributed by atoms with van der Waals surface area (Å²) in [4.78, 5) is 0. The van der Waals surface area contributed by atoms with Crippen molar-refractivity contribution >= 4 is 8.80 Å². The molecule has 2 atom stereocenters. The fourth-order valence-corrected chi connectivity index (χ4v) is 4.45. The summed E-state index contributed by atoms with van der Waals surface area (Å²) in [5, 5.41) is 9.93. The molecule has 17 heavy (non-hydrogen) atoms. The summed E-state index contributed by atoms with van der Waals surface area (Å²) >= 11 is 0. The number of hydrogen-bond donors (Lipinski definition) is 2. The molecule has 0 radical (unpaired) electrons. The zero-order chi connectivity index (χ0) is 13.7. The summed E-state index contributed by atoms with van der Waals surface area (Å²) in [6.07, 6.45) is -0.485. The molecule has 5 nitrogen and oxygen atoms in total. The quantitative estimate of drug-likeness (QED) is 0.636. The van der Waals surface area contributed by atoms with Gasteiger partial charge in [-0.3, -0.25) is 0 Å². The summed E-state index contributed by atoms with van der Waals surface area (Å²) in [6.45, 7) is 6.32. The van der Waals surface area contributed by atoms with Crippen molar-refractivity contribution < 1.29 is 18.4 Å². The molecule has 0 rings (SSSR count). The molecule has 0 saturated heterocycles.